The van der Waals surface area contributed by atoms with Crippen molar-refractivity contribution in [2.45, 2.75) is 46.2 Å². The van der Waals surface area contributed by atoms with Crippen molar-refractivity contribution < 1.29 is 4.79 Å². The predicted molar refractivity (Wildman–Crippen MR) is 91.4 cm³/mol. The number of amides is 1. The summed E-state index contributed by atoms with van der Waals surface area (Å²) in [4.78, 5) is 14.5. The normalized spacial score (nSPS) is 15.7. The van der Waals surface area contributed by atoms with Crippen LogP contribution in [0.3, 0.4) is 0 Å². The summed E-state index contributed by atoms with van der Waals surface area (Å²) >= 11 is 3.53. The molecule has 0 aromatic carbocycles. The van der Waals surface area contributed by atoms with Crippen LogP contribution in [-0.4, -0.2) is 43.5 Å². The van der Waals surface area contributed by atoms with Gasteiger partial charge in [0, 0.05) is 19.3 Å². The molecule has 0 N–H and O–H groups in total. The Morgan fingerprint density at radius 2 is 1.87 bits per heavy atom. The molecule has 124 valence electrons. The second-order valence-electron chi connectivity index (χ2n) is 6.07. The first kappa shape index (κ1) is 16.2. The maximum absolute atomic E-state index is 12.6. The Balaban J connectivity index is 1.72. The van der Waals surface area contributed by atoms with Gasteiger partial charge < -0.3 is 4.90 Å². The highest BCUT2D eigenvalue weighted by Crippen LogP contribution is 2.19. The van der Waals surface area contributed by atoms with Gasteiger partial charge >= 0.3 is 0 Å². The van der Waals surface area contributed by atoms with Gasteiger partial charge in [-0.3, -0.25) is 9.48 Å². The lowest BCUT2D eigenvalue weighted by Crippen LogP contribution is -2.32. The molecule has 1 amide bonds. The second kappa shape index (κ2) is 6.86. The molecule has 23 heavy (non-hydrogen) atoms. The molecule has 7 heteroatoms. The van der Waals surface area contributed by atoms with Gasteiger partial charge in [0.1, 0.15) is 12.4 Å². The van der Waals surface area contributed by atoms with Crippen LogP contribution >= 0.6 is 15.9 Å². The van der Waals surface area contributed by atoms with Crippen molar-refractivity contribution in [3.8, 4) is 0 Å². The first-order valence-corrected chi connectivity index (χ1v) is 8.88. The fraction of sp³-hybridized carbons (Fsp3) is 0.562. The van der Waals surface area contributed by atoms with E-state index >= 15 is 0 Å². The van der Waals surface area contributed by atoms with E-state index in [0.717, 1.165) is 41.8 Å². The van der Waals surface area contributed by atoms with E-state index in [-0.39, 0.29) is 5.91 Å². The monoisotopic (exact) mass is 379 g/mol. The number of aromatic nitrogens is 4. The number of aryl methyl sites for hydroxylation is 1. The van der Waals surface area contributed by atoms with Crippen molar-refractivity contribution in [3.05, 3.63) is 33.8 Å². The molecule has 0 spiro atoms. The molecule has 2 aromatic rings. The lowest BCUT2D eigenvalue weighted by atomic mass is 10.2. The topological polar surface area (TPSA) is 56.0 Å². The van der Waals surface area contributed by atoms with E-state index in [2.05, 4.69) is 26.1 Å². The van der Waals surface area contributed by atoms with E-state index in [4.69, 9.17) is 0 Å². The van der Waals surface area contributed by atoms with Gasteiger partial charge in [-0.05, 0) is 48.7 Å². The van der Waals surface area contributed by atoms with Crippen molar-refractivity contribution in [3.63, 3.8) is 0 Å². The lowest BCUT2D eigenvalue weighted by molar-refractivity contribution is 0.0754. The van der Waals surface area contributed by atoms with Crippen molar-refractivity contribution in [1.29, 1.82) is 0 Å². The molecular weight excluding hydrogens is 358 g/mol. The molecule has 0 unspecified atom stereocenters. The van der Waals surface area contributed by atoms with Crippen LogP contribution in [0.25, 0.3) is 0 Å². The summed E-state index contributed by atoms with van der Waals surface area (Å²) in [5.74, 6) is 0.0419. The molecule has 0 atom stereocenters. The summed E-state index contributed by atoms with van der Waals surface area (Å²) < 4.78 is 4.66. The Kier molecular flexibility index (Phi) is 4.84. The highest BCUT2D eigenvalue weighted by atomic mass is 79.9. The zero-order valence-electron chi connectivity index (χ0n) is 13.6. The SMILES string of the molecule is Cc1nn(Cn2ccc(C(=O)N3CCCCCC3)n2)c(C)c1Br. The Morgan fingerprint density at radius 1 is 1.17 bits per heavy atom. The predicted octanol–water partition coefficient (Wildman–Crippen LogP) is 2.98. The third kappa shape index (κ3) is 3.49. The van der Waals surface area contributed by atoms with E-state index < -0.39 is 0 Å². The summed E-state index contributed by atoms with van der Waals surface area (Å²) in [6, 6.07) is 1.80. The van der Waals surface area contributed by atoms with Gasteiger partial charge in [0.15, 0.2) is 0 Å². The fourth-order valence-electron chi connectivity index (χ4n) is 2.94. The average molecular weight is 380 g/mol. The van der Waals surface area contributed by atoms with Crippen LogP contribution in [0.4, 0.5) is 0 Å². The fourth-order valence-corrected chi connectivity index (χ4v) is 3.22. The van der Waals surface area contributed by atoms with Gasteiger partial charge in [-0.2, -0.15) is 10.2 Å². The minimum absolute atomic E-state index is 0.0419. The minimum atomic E-state index is 0.0419. The molecule has 3 rings (SSSR count). The molecular formula is C16H22BrN5O. The Labute approximate surface area is 144 Å². The molecule has 0 aliphatic carbocycles. The van der Waals surface area contributed by atoms with Gasteiger partial charge in [-0.15, -0.1) is 0 Å². The first-order chi connectivity index (χ1) is 11.1. The standard InChI is InChI=1S/C16H22BrN5O/c1-12-15(17)13(2)22(18-12)11-21-10-7-14(19-21)16(23)20-8-5-3-4-6-9-20/h7,10H,3-6,8-9,11H2,1-2H3. The molecule has 0 bridgehead atoms. The first-order valence-electron chi connectivity index (χ1n) is 8.08. The molecule has 0 saturated carbocycles. The number of hydrogen-bond donors (Lipinski definition) is 0. The largest absolute Gasteiger partial charge is 0.337 e. The van der Waals surface area contributed by atoms with Gasteiger partial charge in [0.25, 0.3) is 5.91 Å². The van der Waals surface area contributed by atoms with E-state index in [1.54, 1.807) is 10.7 Å². The van der Waals surface area contributed by atoms with Crippen LogP contribution in [0, 0.1) is 13.8 Å². The Hall–Kier alpha value is -1.63. The Morgan fingerprint density at radius 3 is 2.48 bits per heavy atom. The summed E-state index contributed by atoms with van der Waals surface area (Å²) in [6.07, 6.45) is 6.45. The molecule has 0 radical (unpaired) electrons. The number of carbonyl (C=O) groups is 1. The van der Waals surface area contributed by atoms with Crippen LogP contribution in [0.1, 0.15) is 47.6 Å². The molecule has 2 aromatic heterocycles. The van der Waals surface area contributed by atoms with E-state index in [1.165, 1.54) is 12.8 Å². The number of hydrogen-bond acceptors (Lipinski definition) is 3. The molecule has 1 aliphatic rings. The average Bonchev–Trinajstić information content (AvgIpc) is 2.96. The van der Waals surface area contributed by atoms with Gasteiger partial charge in [-0.25, -0.2) is 4.68 Å². The van der Waals surface area contributed by atoms with E-state index in [9.17, 15) is 4.79 Å². The summed E-state index contributed by atoms with van der Waals surface area (Å²) in [6.45, 7) is 6.17. The number of nitrogens with zero attached hydrogens (tertiary/aromatic N) is 5. The van der Waals surface area contributed by atoms with Crippen molar-refractivity contribution >= 4 is 21.8 Å². The third-order valence-electron chi connectivity index (χ3n) is 4.33. The quantitative estimate of drug-likeness (QED) is 0.823. The number of likely N-dealkylation sites (tertiary alicyclic amines) is 1. The maximum Gasteiger partial charge on any atom is 0.274 e. The summed E-state index contributed by atoms with van der Waals surface area (Å²) in [5.41, 5.74) is 2.53. The minimum Gasteiger partial charge on any atom is -0.337 e. The lowest BCUT2D eigenvalue weighted by Gasteiger charge is -2.18. The molecule has 1 fully saturated rings. The highest BCUT2D eigenvalue weighted by Gasteiger charge is 2.19. The summed E-state index contributed by atoms with van der Waals surface area (Å²) in [7, 11) is 0. The van der Waals surface area contributed by atoms with Crippen LogP contribution in [0.5, 0.6) is 0 Å². The van der Waals surface area contributed by atoms with Gasteiger partial charge in [0.05, 0.1) is 15.9 Å². The van der Waals surface area contributed by atoms with Crippen LogP contribution in [0.2, 0.25) is 0 Å². The highest BCUT2D eigenvalue weighted by molar-refractivity contribution is 9.10. The van der Waals surface area contributed by atoms with Crippen LogP contribution in [0.15, 0.2) is 16.7 Å². The second-order valence-corrected chi connectivity index (χ2v) is 6.87. The number of rotatable bonds is 3. The van der Waals surface area contributed by atoms with E-state index in [0.29, 0.717) is 12.4 Å². The van der Waals surface area contributed by atoms with Gasteiger partial charge in [0.2, 0.25) is 0 Å². The smallest absolute Gasteiger partial charge is 0.274 e. The number of carbonyl (C=O) groups excluding carboxylic acids is 1. The molecule has 1 saturated heterocycles. The van der Waals surface area contributed by atoms with Crippen molar-refractivity contribution in [2.75, 3.05) is 13.1 Å². The van der Waals surface area contributed by atoms with Crippen molar-refractivity contribution in [2.24, 2.45) is 0 Å². The van der Waals surface area contributed by atoms with Crippen LogP contribution < -0.4 is 0 Å². The van der Waals surface area contributed by atoms with E-state index in [1.807, 2.05) is 29.6 Å². The zero-order valence-corrected chi connectivity index (χ0v) is 15.2. The van der Waals surface area contributed by atoms with Crippen molar-refractivity contribution in [1.82, 2.24) is 24.5 Å². The van der Waals surface area contributed by atoms with Crippen LogP contribution in [-0.2, 0) is 6.67 Å². The maximum atomic E-state index is 12.6. The zero-order chi connectivity index (χ0) is 16.4. The Bertz CT molecular complexity index is 697. The molecule has 6 nitrogen and oxygen atoms in total. The molecule has 1 aliphatic heterocycles. The van der Waals surface area contributed by atoms with Gasteiger partial charge in [-0.1, -0.05) is 12.8 Å². The third-order valence-corrected chi connectivity index (χ3v) is 5.47. The number of halogens is 1. The summed E-state index contributed by atoms with van der Waals surface area (Å²) in [5, 5.41) is 8.92. The molecule has 3 heterocycles.